The Morgan fingerprint density at radius 3 is 2.68 bits per heavy atom. The molecule has 9 heteroatoms. The molecule has 1 unspecified atom stereocenters. The maximum Gasteiger partial charge on any atom is 0.243 e. The van der Waals surface area contributed by atoms with Crippen molar-refractivity contribution in [2.45, 2.75) is 24.3 Å². The van der Waals surface area contributed by atoms with Gasteiger partial charge < -0.3 is 5.32 Å². The van der Waals surface area contributed by atoms with Crippen molar-refractivity contribution in [1.82, 2.24) is 9.62 Å². The Morgan fingerprint density at radius 2 is 1.96 bits per heavy atom. The molecule has 28 heavy (non-hydrogen) atoms. The second kappa shape index (κ2) is 8.90. The molecule has 0 bridgehead atoms. The van der Waals surface area contributed by atoms with Crippen LogP contribution in [0.2, 0.25) is 5.02 Å². The zero-order valence-electron chi connectivity index (χ0n) is 14.9. The Balaban J connectivity index is 1.66. The van der Waals surface area contributed by atoms with E-state index in [9.17, 15) is 17.6 Å². The second-order valence-electron chi connectivity index (χ2n) is 6.61. The van der Waals surface area contributed by atoms with Crippen LogP contribution < -0.4 is 5.32 Å². The molecule has 1 N–H and O–H groups in total. The monoisotopic (exact) mass is 488 g/mol. The van der Waals surface area contributed by atoms with Crippen molar-refractivity contribution in [3.8, 4) is 0 Å². The lowest BCUT2D eigenvalue weighted by Gasteiger charge is -2.31. The average molecular weight is 490 g/mol. The summed E-state index contributed by atoms with van der Waals surface area (Å²) >= 11 is 9.16. The third kappa shape index (κ3) is 4.92. The number of benzene rings is 2. The van der Waals surface area contributed by atoms with Gasteiger partial charge >= 0.3 is 0 Å². The Labute approximate surface area is 177 Å². The fourth-order valence-corrected chi connectivity index (χ4v) is 5.17. The number of hydrogen-bond donors (Lipinski definition) is 1. The largest absolute Gasteiger partial charge is 0.352 e. The third-order valence-corrected chi connectivity index (χ3v) is 7.57. The Hall–Kier alpha value is -1.48. The third-order valence-electron chi connectivity index (χ3n) is 4.67. The van der Waals surface area contributed by atoms with Crippen LogP contribution in [0.5, 0.6) is 0 Å². The highest BCUT2D eigenvalue weighted by atomic mass is 79.9. The first-order valence-electron chi connectivity index (χ1n) is 8.75. The van der Waals surface area contributed by atoms with E-state index in [1.165, 1.54) is 40.7 Å². The summed E-state index contributed by atoms with van der Waals surface area (Å²) in [5.41, 5.74) is 0.620. The zero-order chi connectivity index (χ0) is 20.3. The van der Waals surface area contributed by atoms with Gasteiger partial charge in [0.05, 0.1) is 10.8 Å². The highest BCUT2D eigenvalue weighted by Crippen LogP contribution is 2.25. The van der Waals surface area contributed by atoms with Crippen LogP contribution in [0.15, 0.2) is 51.8 Å². The molecule has 3 rings (SSSR count). The summed E-state index contributed by atoms with van der Waals surface area (Å²) in [6, 6.07) is 10.2. The van der Waals surface area contributed by atoms with Crippen LogP contribution in [0.25, 0.3) is 0 Å². The molecule has 0 aromatic heterocycles. The van der Waals surface area contributed by atoms with E-state index in [0.29, 0.717) is 34.4 Å². The van der Waals surface area contributed by atoms with Gasteiger partial charge in [0.15, 0.2) is 0 Å². The maximum absolute atomic E-state index is 13.4. The lowest BCUT2D eigenvalue weighted by atomic mass is 9.99. The molecular weight excluding hydrogens is 471 g/mol. The highest BCUT2D eigenvalue weighted by Gasteiger charge is 2.33. The normalized spacial score (nSPS) is 18.0. The molecule has 5 nitrogen and oxygen atoms in total. The van der Waals surface area contributed by atoms with E-state index < -0.39 is 15.9 Å². The van der Waals surface area contributed by atoms with Crippen molar-refractivity contribution in [2.24, 2.45) is 5.92 Å². The number of piperidine rings is 1. The van der Waals surface area contributed by atoms with Crippen LogP contribution >= 0.6 is 27.5 Å². The molecule has 2 aromatic rings. The maximum atomic E-state index is 13.4. The standard InChI is InChI=1S/C19H19BrClFN2O3S/c20-18-8-5-16(22)10-14(18)11-23-19(25)13-2-1-9-24(12-13)28(26,27)17-6-3-15(21)4-7-17/h3-8,10,13H,1-2,9,11-12H2,(H,23,25). The first kappa shape index (κ1) is 21.2. The van der Waals surface area contributed by atoms with Gasteiger partial charge in [-0.15, -0.1) is 0 Å². The Kier molecular flexibility index (Phi) is 6.75. The number of amides is 1. The number of rotatable bonds is 5. The zero-order valence-corrected chi connectivity index (χ0v) is 18.0. The summed E-state index contributed by atoms with van der Waals surface area (Å²) in [6.07, 6.45) is 1.19. The van der Waals surface area contributed by atoms with Crippen molar-refractivity contribution >= 4 is 43.5 Å². The molecule has 0 radical (unpaired) electrons. The van der Waals surface area contributed by atoms with Crippen molar-refractivity contribution in [3.63, 3.8) is 0 Å². The molecule has 1 saturated heterocycles. The summed E-state index contributed by atoms with van der Waals surface area (Å²) in [6.45, 7) is 0.642. The molecule has 1 amide bonds. The fourth-order valence-electron chi connectivity index (χ4n) is 3.14. The lowest BCUT2D eigenvalue weighted by Crippen LogP contribution is -2.45. The van der Waals surface area contributed by atoms with Crippen LogP contribution in [-0.2, 0) is 21.4 Å². The van der Waals surface area contributed by atoms with E-state index in [0.717, 1.165) is 0 Å². The van der Waals surface area contributed by atoms with Crippen LogP contribution in [-0.4, -0.2) is 31.7 Å². The number of hydrogen-bond acceptors (Lipinski definition) is 3. The smallest absolute Gasteiger partial charge is 0.243 e. The number of nitrogens with zero attached hydrogens (tertiary/aromatic N) is 1. The average Bonchev–Trinajstić information content (AvgIpc) is 2.69. The fraction of sp³-hybridized carbons (Fsp3) is 0.316. The summed E-state index contributed by atoms with van der Waals surface area (Å²) in [5.74, 6) is -1.08. The minimum atomic E-state index is -3.69. The van der Waals surface area contributed by atoms with Crippen molar-refractivity contribution in [3.05, 3.63) is 63.3 Å². The Morgan fingerprint density at radius 1 is 1.25 bits per heavy atom. The molecular formula is C19H19BrClFN2O3S. The predicted octanol–water partition coefficient (Wildman–Crippen LogP) is 3.96. The van der Waals surface area contributed by atoms with E-state index >= 15 is 0 Å². The van der Waals surface area contributed by atoms with Gasteiger partial charge in [-0.2, -0.15) is 4.31 Å². The van der Waals surface area contributed by atoms with Crippen LogP contribution in [0, 0.1) is 11.7 Å². The van der Waals surface area contributed by atoms with E-state index in [4.69, 9.17) is 11.6 Å². The van der Waals surface area contributed by atoms with Gasteiger partial charge in [0.2, 0.25) is 15.9 Å². The second-order valence-corrected chi connectivity index (χ2v) is 9.84. The summed E-state index contributed by atoms with van der Waals surface area (Å²) < 4.78 is 41.1. The first-order valence-corrected chi connectivity index (χ1v) is 11.4. The molecule has 2 aromatic carbocycles. The SMILES string of the molecule is O=C(NCc1cc(F)ccc1Br)C1CCCN(S(=O)(=O)c2ccc(Cl)cc2)C1. The van der Waals surface area contributed by atoms with Gasteiger partial charge in [0, 0.05) is 29.1 Å². The molecule has 1 atom stereocenters. The molecule has 0 aliphatic carbocycles. The van der Waals surface area contributed by atoms with Crippen LogP contribution in [0.3, 0.4) is 0 Å². The number of nitrogens with one attached hydrogen (secondary N) is 1. The van der Waals surface area contributed by atoms with Gasteiger partial charge in [-0.1, -0.05) is 27.5 Å². The minimum Gasteiger partial charge on any atom is -0.352 e. The number of halogens is 3. The highest BCUT2D eigenvalue weighted by molar-refractivity contribution is 9.10. The summed E-state index contributed by atoms with van der Waals surface area (Å²) in [7, 11) is -3.69. The van der Waals surface area contributed by atoms with Crippen molar-refractivity contribution in [2.75, 3.05) is 13.1 Å². The number of carbonyl (C=O) groups excluding carboxylic acids is 1. The molecule has 1 fully saturated rings. The lowest BCUT2D eigenvalue weighted by molar-refractivity contribution is -0.126. The van der Waals surface area contributed by atoms with E-state index in [1.807, 2.05) is 0 Å². The topological polar surface area (TPSA) is 66.5 Å². The van der Waals surface area contributed by atoms with E-state index in [-0.39, 0.29) is 29.7 Å². The van der Waals surface area contributed by atoms with E-state index in [1.54, 1.807) is 6.07 Å². The summed E-state index contributed by atoms with van der Waals surface area (Å²) in [5, 5.41) is 3.24. The molecule has 1 heterocycles. The number of carbonyl (C=O) groups is 1. The van der Waals surface area contributed by atoms with Gasteiger partial charge in [-0.25, -0.2) is 12.8 Å². The molecule has 0 spiro atoms. The van der Waals surface area contributed by atoms with Crippen molar-refractivity contribution < 1.29 is 17.6 Å². The van der Waals surface area contributed by atoms with Gasteiger partial charge in [0.1, 0.15) is 5.82 Å². The molecule has 1 aliphatic heterocycles. The van der Waals surface area contributed by atoms with Crippen LogP contribution in [0.1, 0.15) is 18.4 Å². The predicted molar refractivity (Wildman–Crippen MR) is 109 cm³/mol. The number of sulfonamides is 1. The molecule has 0 saturated carbocycles. The summed E-state index contributed by atoms with van der Waals surface area (Å²) in [4.78, 5) is 12.7. The van der Waals surface area contributed by atoms with E-state index in [2.05, 4.69) is 21.2 Å². The van der Waals surface area contributed by atoms with Gasteiger partial charge in [-0.05, 0) is 60.9 Å². The van der Waals surface area contributed by atoms with Gasteiger partial charge in [0.25, 0.3) is 0 Å². The van der Waals surface area contributed by atoms with Gasteiger partial charge in [-0.3, -0.25) is 4.79 Å². The van der Waals surface area contributed by atoms with Crippen LogP contribution in [0.4, 0.5) is 4.39 Å². The Bertz CT molecular complexity index is 970. The first-order chi connectivity index (χ1) is 13.3. The quantitative estimate of drug-likeness (QED) is 0.691. The minimum absolute atomic E-state index is 0.112. The molecule has 1 aliphatic rings. The molecule has 150 valence electrons. The van der Waals surface area contributed by atoms with Crippen molar-refractivity contribution in [1.29, 1.82) is 0 Å².